The summed E-state index contributed by atoms with van der Waals surface area (Å²) < 4.78 is 2.31. The molecule has 0 radical (unpaired) electrons. The molecule has 0 atom stereocenters. The highest BCUT2D eigenvalue weighted by atomic mass is 16.2. The molecule has 7 heteroatoms. The Morgan fingerprint density at radius 1 is 1.14 bits per heavy atom. The van der Waals surface area contributed by atoms with Crippen molar-refractivity contribution in [3.8, 4) is 0 Å². The summed E-state index contributed by atoms with van der Waals surface area (Å²) in [5, 5.41) is 2.53. The topological polar surface area (TPSA) is 99.1 Å². The third-order valence-corrected chi connectivity index (χ3v) is 3.10. The first-order chi connectivity index (χ1) is 10.6. The Bertz CT molecular complexity index is 749. The van der Waals surface area contributed by atoms with Gasteiger partial charge in [0, 0.05) is 25.4 Å². The lowest BCUT2D eigenvalue weighted by molar-refractivity contribution is -0.121. The van der Waals surface area contributed by atoms with Crippen LogP contribution in [0.5, 0.6) is 0 Å². The van der Waals surface area contributed by atoms with E-state index >= 15 is 0 Å². The first-order valence-corrected chi connectivity index (χ1v) is 6.93. The third kappa shape index (κ3) is 3.92. The lowest BCUT2D eigenvalue weighted by Crippen LogP contribution is -2.43. The molecular formula is C15H18N4O3. The van der Waals surface area contributed by atoms with Crippen LogP contribution in [0.2, 0.25) is 0 Å². The van der Waals surface area contributed by atoms with Gasteiger partial charge in [0.15, 0.2) is 0 Å². The van der Waals surface area contributed by atoms with Gasteiger partial charge < -0.3 is 11.1 Å². The Kier molecular flexibility index (Phi) is 5.26. The Morgan fingerprint density at radius 2 is 1.86 bits per heavy atom. The van der Waals surface area contributed by atoms with Crippen LogP contribution in [0.25, 0.3) is 0 Å². The number of carbonyl (C=O) groups is 1. The van der Waals surface area contributed by atoms with Crippen LogP contribution in [-0.4, -0.2) is 28.1 Å². The Labute approximate surface area is 127 Å². The second kappa shape index (κ2) is 7.37. The number of benzene rings is 1. The fraction of sp³-hybridized carbons (Fsp3) is 0.267. The fourth-order valence-corrected chi connectivity index (χ4v) is 2.01. The average molecular weight is 302 g/mol. The maximum absolute atomic E-state index is 12.3. The molecule has 2 rings (SSSR count). The van der Waals surface area contributed by atoms with Crippen molar-refractivity contribution < 1.29 is 4.79 Å². The number of nitrogens with two attached hydrogens (primary N) is 1. The summed E-state index contributed by atoms with van der Waals surface area (Å²) in [6, 6.07) is 10.7. The minimum absolute atomic E-state index is 0.299. The summed E-state index contributed by atoms with van der Waals surface area (Å²) in [4.78, 5) is 35.8. The van der Waals surface area contributed by atoms with E-state index in [0.29, 0.717) is 19.6 Å². The molecule has 0 aliphatic heterocycles. The van der Waals surface area contributed by atoms with Gasteiger partial charge in [-0.2, -0.15) is 0 Å². The van der Waals surface area contributed by atoms with E-state index in [1.807, 2.05) is 30.3 Å². The van der Waals surface area contributed by atoms with E-state index in [1.54, 1.807) is 0 Å². The van der Waals surface area contributed by atoms with Crippen molar-refractivity contribution in [1.82, 2.24) is 14.5 Å². The Hall–Kier alpha value is -2.67. The number of hydrogen-bond donors (Lipinski definition) is 2. The maximum Gasteiger partial charge on any atom is 0.331 e. The Morgan fingerprint density at radius 3 is 2.55 bits per heavy atom. The highest BCUT2D eigenvalue weighted by molar-refractivity contribution is 5.75. The van der Waals surface area contributed by atoms with Crippen molar-refractivity contribution in [2.24, 2.45) is 5.73 Å². The lowest BCUT2D eigenvalue weighted by Gasteiger charge is -2.10. The van der Waals surface area contributed by atoms with Gasteiger partial charge in [-0.05, 0) is 5.56 Å². The second-order valence-electron chi connectivity index (χ2n) is 4.77. The van der Waals surface area contributed by atoms with Crippen molar-refractivity contribution in [1.29, 1.82) is 0 Å². The number of carbonyl (C=O) groups excluding carboxylic acids is 1. The van der Waals surface area contributed by atoms with Gasteiger partial charge >= 0.3 is 5.69 Å². The smallest absolute Gasteiger partial charge is 0.331 e. The summed E-state index contributed by atoms with van der Waals surface area (Å²) >= 11 is 0. The van der Waals surface area contributed by atoms with Crippen LogP contribution in [0.15, 0.2) is 52.2 Å². The minimum atomic E-state index is -0.515. The van der Waals surface area contributed by atoms with Crippen LogP contribution < -0.4 is 22.3 Å². The highest BCUT2D eigenvalue weighted by Crippen LogP contribution is 1.99. The van der Waals surface area contributed by atoms with Gasteiger partial charge in [0.05, 0.1) is 6.54 Å². The quantitative estimate of drug-likeness (QED) is 0.725. The van der Waals surface area contributed by atoms with Crippen LogP contribution in [0, 0.1) is 0 Å². The predicted molar refractivity (Wildman–Crippen MR) is 82.6 cm³/mol. The first kappa shape index (κ1) is 15.7. The van der Waals surface area contributed by atoms with E-state index in [0.717, 1.165) is 10.1 Å². The SMILES string of the molecule is NCCNC(=O)Cn1c(=O)ccn(Cc2ccccc2)c1=O. The zero-order chi connectivity index (χ0) is 15.9. The van der Waals surface area contributed by atoms with E-state index in [1.165, 1.54) is 16.8 Å². The number of amides is 1. The van der Waals surface area contributed by atoms with Gasteiger partial charge in [-0.15, -0.1) is 0 Å². The Balaban J connectivity index is 2.24. The molecule has 1 heterocycles. The summed E-state index contributed by atoms with van der Waals surface area (Å²) in [7, 11) is 0. The molecule has 1 aromatic carbocycles. The molecule has 116 valence electrons. The minimum Gasteiger partial charge on any atom is -0.353 e. The van der Waals surface area contributed by atoms with Crippen molar-refractivity contribution in [3.63, 3.8) is 0 Å². The molecule has 0 aliphatic carbocycles. The number of rotatable bonds is 6. The van der Waals surface area contributed by atoms with Gasteiger partial charge in [0.25, 0.3) is 5.56 Å². The van der Waals surface area contributed by atoms with Gasteiger partial charge in [-0.25, -0.2) is 4.79 Å². The fourth-order valence-electron chi connectivity index (χ4n) is 2.01. The van der Waals surface area contributed by atoms with Crippen LogP contribution in [-0.2, 0) is 17.9 Å². The number of nitrogens with zero attached hydrogens (tertiary/aromatic N) is 2. The molecule has 1 aromatic heterocycles. The van der Waals surface area contributed by atoms with Gasteiger partial charge in [0.1, 0.15) is 6.54 Å². The molecule has 2 aromatic rings. The molecule has 7 nitrogen and oxygen atoms in total. The van der Waals surface area contributed by atoms with Crippen molar-refractivity contribution >= 4 is 5.91 Å². The van der Waals surface area contributed by atoms with E-state index in [9.17, 15) is 14.4 Å². The normalized spacial score (nSPS) is 10.4. The van der Waals surface area contributed by atoms with E-state index < -0.39 is 17.2 Å². The van der Waals surface area contributed by atoms with Crippen molar-refractivity contribution in [2.45, 2.75) is 13.1 Å². The van der Waals surface area contributed by atoms with Gasteiger partial charge in [0.2, 0.25) is 5.91 Å². The van der Waals surface area contributed by atoms with Crippen molar-refractivity contribution in [3.05, 3.63) is 69.0 Å². The van der Waals surface area contributed by atoms with Gasteiger partial charge in [-0.1, -0.05) is 30.3 Å². The monoisotopic (exact) mass is 302 g/mol. The van der Waals surface area contributed by atoms with E-state index in [-0.39, 0.29) is 6.54 Å². The van der Waals surface area contributed by atoms with Crippen molar-refractivity contribution in [2.75, 3.05) is 13.1 Å². The molecule has 0 unspecified atom stereocenters. The molecule has 0 bridgehead atoms. The molecule has 0 aliphatic rings. The predicted octanol–water partition coefficient (Wildman–Crippen LogP) is -0.867. The standard InChI is InChI=1S/C15H18N4O3/c16-7-8-17-13(20)11-19-14(21)6-9-18(15(19)22)10-12-4-2-1-3-5-12/h1-6,9H,7-8,10-11,16H2,(H,17,20). The number of hydrogen-bond acceptors (Lipinski definition) is 4. The maximum atomic E-state index is 12.3. The van der Waals surface area contributed by atoms with Crippen LogP contribution in [0.4, 0.5) is 0 Å². The molecule has 1 amide bonds. The van der Waals surface area contributed by atoms with E-state index in [2.05, 4.69) is 5.32 Å². The number of aromatic nitrogens is 2. The molecule has 22 heavy (non-hydrogen) atoms. The number of nitrogens with one attached hydrogen (secondary N) is 1. The van der Waals surface area contributed by atoms with Crippen LogP contribution in [0.3, 0.4) is 0 Å². The summed E-state index contributed by atoms with van der Waals surface area (Å²) in [5.74, 6) is -0.415. The molecule has 0 fully saturated rings. The average Bonchev–Trinajstić information content (AvgIpc) is 2.53. The highest BCUT2D eigenvalue weighted by Gasteiger charge is 2.09. The first-order valence-electron chi connectivity index (χ1n) is 6.93. The molecule has 0 saturated carbocycles. The van der Waals surface area contributed by atoms with E-state index in [4.69, 9.17) is 5.73 Å². The molecule has 0 spiro atoms. The molecule has 0 saturated heterocycles. The van der Waals surface area contributed by atoms with Crippen LogP contribution in [0.1, 0.15) is 5.56 Å². The second-order valence-corrected chi connectivity index (χ2v) is 4.77. The third-order valence-electron chi connectivity index (χ3n) is 3.10. The molecular weight excluding hydrogens is 284 g/mol. The largest absolute Gasteiger partial charge is 0.353 e. The zero-order valence-electron chi connectivity index (χ0n) is 12.1. The lowest BCUT2D eigenvalue weighted by atomic mass is 10.2. The summed E-state index contributed by atoms with van der Waals surface area (Å²) in [6.07, 6.45) is 1.44. The zero-order valence-corrected chi connectivity index (χ0v) is 12.1. The summed E-state index contributed by atoms with van der Waals surface area (Å²) in [5.41, 5.74) is 5.21. The summed E-state index contributed by atoms with van der Waals surface area (Å²) in [6.45, 7) is 0.629. The van der Waals surface area contributed by atoms with Gasteiger partial charge in [-0.3, -0.25) is 18.7 Å². The van der Waals surface area contributed by atoms with Crippen LogP contribution >= 0.6 is 0 Å². The molecule has 3 N–H and O–H groups in total.